The molecule has 0 amide bonds. The third-order valence-electron chi connectivity index (χ3n) is 3.83. The van der Waals surface area contributed by atoms with Crippen LogP contribution in [0.25, 0.3) is 0 Å². The molecule has 0 bridgehead atoms. The fraction of sp³-hybridized carbons (Fsp3) is 0.643. The van der Waals surface area contributed by atoms with E-state index in [4.69, 9.17) is 19.8 Å². The number of nitrogens with zero attached hydrogens (tertiary/aromatic N) is 1. The van der Waals surface area contributed by atoms with Gasteiger partial charge in [-0.25, -0.2) is 0 Å². The van der Waals surface area contributed by atoms with E-state index in [9.17, 15) is 25.5 Å². The van der Waals surface area contributed by atoms with Crippen LogP contribution in [0.5, 0.6) is 0 Å². The summed E-state index contributed by atoms with van der Waals surface area (Å²) in [5.74, 6) is 0. The molecule has 1 aliphatic heterocycles. The lowest BCUT2D eigenvalue weighted by Gasteiger charge is -2.42. The highest BCUT2D eigenvalue weighted by Crippen LogP contribution is 2.28. The smallest absolute Gasteiger partial charge is 0.187 e. The second kappa shape index (κ2) is 7.48. The molecule has 128 valence electrons. The summed E-state index contributed by atoms with van der Waals surface area (Å²) < 4.78 is 10.6. The molecule has 1 heterocycles. The highest BCUT2D eigenvalue weighted by atomic mass is 16.7. The van der Waals surface area contributed by atoms with Gasteiger partial charge in [0.15, 0.2) is 6.29 Å². The van der Waals surface area contributed by atoms with E-state index in [1.54, 1.807) is 6.07 Å². The SMILES string of the molecule is N#CC=C1C=C[C@@H](O)[C@@H](O)[C@H]1O[C@@H]1O[C@H](CO)[C@@H](O)[C@H](O)[C@H]1O. The molecule has 0 radical (unpaired) electrons. The second-order valence-corrected chi connectivity index (χ2v) is 5.37. The maximum Gasteiger partial charge on any atom is 0.187 e. The first-order chi connectivity index (χ1) is 10.9. The summed E-state index contributed by atoms with van der Waals surface area (Å²) in [5.41, 5.74) is 0.238. The van der Waals surface area contributed by atoms with Crippen LogP contribution >= 0.6 is 0 Å². The minimum atomic E-state index is -1.65. The quantitative estimate of drug-likeness (QED) is 0.294. The van der Waals surface area contributed by atoms with E-state index in [1.165, 1.54) is 12.2 Å². The number of aliphatic hydroxyl groups is 6. The summed E-state index contributed by atoms with van der Waals surface area (Å²) in [6.07, 6.45) is -7.57. The van der Waals surface area contributed by atoms with Gasteiger partial charge in [0.25, 0.3) is 0 Å². The lowest BCUT2D eigenvalue weighted by Crippen LogP contribution is -2.60. The van der Waals surface area contributed by atoms with Crippen molar-refractivity contribution in [3.05, 3.63) is 23.8 Å². The Labute approximate surface area is 131 Å². The molecule has 6 N–H and O–H groups in total. The maximum atomic E-state index is 10.0. The number of aliphatic hydroxyl groups excluding tert-OH is 6. The van der Waals surface area contributed by atoms with Crippen molar-refractivity contribution >= 4 is 0 Å². The maximum absolute atomic E-state index is 10.0. The Balaban J connectivity index is 2.20. The third-order valence-corrected chi connectivity index (χ3v) is 3.83. The third kappa shape index (κ3) is 3.60. The van der Waals surface area contributed by atoms with Crippen molar-refractivity contribution in [3.63, 3.8) is 0 Å². The summed E-state index contributed by atoms with van der Waals surface area (Å²) in [4.78, 5) is 0. The largest absolute Gasteiger partial charge is 0.394 e. The molecule has 0 spiro atoms. The molecule has 9 nitrogen and oxygen atoms in total. The minimum Gasteiger partial charge on any atom is -0.394 e. The van der Waals surface area contributed by atoms with Gasteiger partial charge in [0.2, 0.25) is 0 Å². The zero-order chi connectivity index (χ0) is 17.1. The first-order valence-electron chi connectivity index (χ1n) is 7.00. The number of rotatable bonds is 3. The number of hydrogen-bond donors (Lipinski definition) is 6. The molecule has 2 aliphatic rings. The minimum absolute atomic E-state index is 0.238. The molecule has 0 aromatic carbocycles. The van der Waals surface area contributed by atoms with Crippen LogP contribution in [0.3, 0.4) is 0 Å². The van der Waals surface area contributed by atoms with Gasteiger partial charge < -0.3 is 40.1 Å². The molecular formula is C14H19NO8. The lowest BCUT2D eigenvalue weighted by atomic mass is 9.93. The Morgan fingerprint density at radius 3 is 2.43 bits per heavy atom. The van der Waals surface area contributed by atoms with Crippen LogP contribution in [0.4, 0.5) is 0 Å². The number of nitriles is 1. The first-order valence-corrected chi connectivity index (χ1v) is 7.00. The topological polar surface area (TPSA) is 164 Å². The number of allylic oxidation sites excluding steroid dienone is 1. The van der Waals surface area contributed by atoms with Crippen LogP contribution in [-0.4, -0.2) is 86.3 Å². The van der Waals surface area contributed by atoms with Crippen molar-refractivity contribution in [1.82, 2.24) is 0 Å². The Morgan fingerprint density at radius 1 is 1.13 bits per heavy atom. The van der Waals surface area contributed by atoms with Crippen LogP contribution < -0.4 is 0 Å². The van der Waals surface area contributed by atoms with Gasteiger partial charge in [-0.3, -0.25) is 0 Å². The van der Waals surface area contributed by atoms with Crippen molar-refractivity contribution in [1.29, 1.82) is 5.26 Å². The summed E-state index contributed by atoms with van der Waals surface area (Å²) in [7, 11) is 0. The average molecular weight is 329 g/mol. The van der Waals surface area contributed by atoms with Gasteiger partial charge in [-0.2, -0.15) is 5.26 Å². The van der Waals surface area contributed by atoms with Gasteiger partial charge in [-0.1, -0.05) is 12.2 Å². The van der Waals surface area contributed by atoms with E-state index >= 15 is 0 Å². The highest BCUT2D eigenvalue weighted by Gasteiger charge is 2.46. The lowest BCUT2D eigenvalue weighted by molar-refractivity contribution is -0.314. The van der Waals surface area contributed by atoms with Gasteiger partial charge in [-0.05, 0) is 5.57 Å². The fourth-order valence-electron chi connectivity index (χ4n) is 2.48. The molecule has 2 rings (SSSR count). The normalized spacial score (nSPS) is 45.9. The van der Waals surface area contributed by atoms with E-state index in [0.29, 0.717) is 0 Å². The summed E-state index contributed by atoms with van der Waals surface area (Å²) in [6, 6.07) is 1.77. The van der Waals surface area contributed by atoms with Crippen LogP contribution in [0.15, 0.2) is 23.8 Å². The van der Waals surface area contributed by atoms with E-state index in [-0.39, 0.29) is 5.57 Å². The molecular weight excluding hydrogens is 310 g/mol. The molecule has 9 heteroatoms. The monoisotopic (exact) mass is 329 g/mol. The highest BCUT2D eigenvalue weighted by molar-refractivity contribution is 5.34. The molecule has 8 atom stereocenters. The summed E-state index contributed by atoms with van der Waals surface area (Å²) in [6.45, 7) is -0.624. The van der Waals surface area contributed by atoms with E-state index in [0.717, 1.165) is 6.08 Å². The molecule has 0 unspecified atom stereocenters. The summed E-state index contributed by atoms with van der Waals surface area (Å²) >= 11 is 0. The molecule has 0 aromatic rings. The van der Waals surface area contributed by atoms with Crippen LogP contribution in [0.1, 0.15) is 0 Å². The average Bonchev–Trinajstić information content (AvgIpc) is 2.54. The standard InChI is InChI=1S/C14H19NO8/c15-4-3-6-1-2-7(17)9(18)13(6)23-14-12(21)11(20)10(19)8(5-16)22-14/h1-3,7-14,16-21H,5H2/t7-,8-,9-,10-,11+,12-,13+,14+/m1/s1. The Kier molecular flexibility index (Phi) is 5.85. The van der Waals surface area contributed by atoms with Crippen molar-refractivity contribution in [2.24, 2.45) is 0 Å². The zero-order valence-corrected chi connectivity index (χ0v) is 12.0. The van der Waals surface area contributed by atoms with Crippen LogP contribution in [0, 0.1) is 11.3 Å². The Hall–Kier alpha value is -1.35. The molecule has 1 fully saturated rings. The molecule has 0 saturated carbocycles. The van der Waals surface area contributed by atoms with Crippen LogP contribution in [0.2, 0.25) is 0 Å². The second-order valence-electron chi connectivity index (χ2n) is 5.37. The van der Waals surface area contributed by atoms with E-state index in [1.807, 2.05) is 0 Å². The molecule has 23 heavy (non-hydrogen) atoms. The van der Waals surface area contributed by atoms with Crippen molar-refractivity contribution < 1.29 is 40.1 Å². The Morgan fingerprint density at radius 2 is 1.83 bits per heavy atom. The zero-order valence-electron chi connectivity index (χ0n) is 12.0. The van der Waals surface area contributed by atoms with Crippen LogP contribution in [-0.2, 0) is 9.47 Å². The molecule has 1 saturated heterocycles. The van der Waals surface area contributed by atoms with E-state index < -0.39 is 55.6 Å². The van der Waals surface area contributed by atoms with Gasteiger partial charge in [0.05, 0.1) is 12.7 Å². The van der Waals surface area contributed by atoms with Crippen molar-refractivity contribution in [3.8, 4) is 6.07 Å². The predicted octanol–water partition coefficient (Wildman–Crippen LogP) is -3.09. The van der Waals surface area contributed by atoms with Gasteiger partial charge in [-0.15, -0.1) is 0 Å². The molecule has 1 aliphatic carbocycles. The van der Waals surface area contributed by atoms with E-state index in [2.05, 4.69) is 0 Å². The summed E-state index contributed by atoms with van der Waals surface area (Å²) in [5, 5.41) is 66.9. The predicted molar refractivity (Wildman–Crippen MR) is 73.5 cm³/mol. The molecule has 0 aromatic heterocycles. The van der Waals surface area contributed by atoms with Gasteiger partial charge in [0, 0.05) is 6.08 Å². The van der Waals surface area contributed by atoms with Gasteiger partial charge >= 0.3 is 0 Å². The van der Waals surface area contributed by atoms with Crippen molar-refractivity contribution in [2.45, 2.75) is 49.0 Å². The fourth-order valence-corrected chi connectivity index (χ4v) is 2.48. The number of ether oxygens (including phenoxy) is 2. The number of hydrogen-bond acceptors (Lipinski definition) is 9. The van der Waals surface area contributed by atoms with Gasteiger partial charge in [0.1, 0.15) is 42.7 Å². The van der Waals surface area contributed by atoms with Crippen molar-refractivity contribution in [2.75, 3.05) is 6.61 Å². The first kappa shape index (κ1) is 18.0. The Bertz CT molecular complexity index is 513.